The summed E-state index contributed by atoms with van der Waals surface area (Å²) in [5, 5.41) is 11.6. The van der Waals surface area contributed by atoms with Crippen LogP contribution in [0.5, 0.6) is 0 Å². The fraction of sp³-hybridized carbons (Fsp3) is 0.235. The van der Waals surface area contributed by atoms with Crippen LogP contribution in [0.3, 0.4) is 0 Å². The van der Waals surface area contributed by atoms with Gasteiger partial charge in [0.05, 0.1) is 11.6 Å². The third kappa shape index (κ3) is 3.31. The van der Waals surface area contributed by atoms with Crippen LogP contribution in [0, 0.1) is 6.92 Å². The van der Waals surface area contributed by atoms with Crippen molar-refractivity contribution in [1.29, 1.82) is 0 Å². The molecule has 0 aliphatic carbocycles. The second-order valence-electron chi connectivity index (χ2n) is 5.33. The average molecular weight is 314 g/mol. The van der Waals surface area contributed by atoms with Crippen LogP contribution < -0.4 is 10.9 Å². The number of carboxylic acid groups (broad SMARTS) is 1. The van der Waals surface area contributed by atoms with Gasteiger partial charge in [0, 0.05) is 13.2 Å². The van der Waals surface area contributed by atoms with Crippen LogP contribution in [-0.2, 0) is 0 Å². The molecule has 2 aromatic rings. The van der Waals surface area contributed by atoms with Crippen molar-refractivity contribution in [2.24, 2.45) is 0 Å². The minimum Gasteiger partial charge on any atom is -0.478 e. The van der Waals surface area contributed by atoms with E-state index in [1.807, 2.05) is 31.2 Å². The monoisotopic (exact) mass is 314 g/mol. The van der Waals surface area contributed by atoms with E-state index < -0.39 is 23.5 Å². The number of hydrogen-bond donors (Lipinski definition) is 2. The molecule has 1 aromatic carbocycles. The number of pyridine rings is 1. The first-order valence-corrected chi connectivity index (χ1v) is 7.13. The maximum absolute atomic E-state index is 12.6. The van der Waals surface area contributed by atoms with Gasteiger partial charge in [-0.1, -0.05) is 29.8 Å². The number of amides is 1. The Balaban J connectivity index is 2.65. The number of aromatic nitrogens is 1. The summed E-state index contributed by atoms with van der Waals surface area (Å²) < 4.78 is 1.28. The van der Waals surface area contributed by atoms with E-state index in [1.54, 1.807) is 6.92 Å². The van der Waals surface area contributed by atoms with Crippen LogP contribution in [0.2, 0.25) is 0 Å². The molecule has 0 aliphatic rings. The highest BCUT2D eigenvalue weighted by atomic mass is 16.4. The zero-order chi connectivity index (χ0) is 17.1. The van der Waals surface area contributed by atoms with Gasteiger partial charge in [0.2, 0.25) is 0 Å². The smallest absolute Gasteiger partial charge is 0.337 e. The van der Waals surface area contributed by atoms with E-state index in [9.17, 15) is 19.5 Å². The molecule has 1 amide bonds. The van der Waals surface area contributed by atoms with Crippen molar-refractivity contribution in [1.82, 2.24) is 9.88 Å². The second-order valence-corrected chi connectivity index (χ2v) is 5.33. The third-order valence-electron chi connectivity index (χ3n) is 3.70. The number of hydrogen-bond acceptors (Lipinski definition) is 3. The molecule has 2 rings (SSSR count). The molecule has 23 heavy (non-hydrogen) atoms. The lowest BCUT2D eigenvalue weighted by molar-refractivity contribution is 0.0695. The first-order valence-electron chi connectivity index (χ1n) is 7.13. The van der Waals surface area contributed by atoms with Gasteiger partial charge in [-0.25, -0.2) is 4.79 Å². The van der Waals surface area contributed by atoms with Crippen LogP contribution in [0.15, 0.2) is 41.3 Å². The molecule has 1 atom stereocenters. The van der Waals surface area contributed by atoms with Gasteiger partial charge in [-0.2, -0.15) is 0 Å². The van der Waals surface area contributed by atoms with Crippen molar-refractivity contribution in [3.63, 3.8) is 0 Å². The van der Waals surface area contributed by atoms with Crippen LogP contribution >= 0.6 is 0 Å². The molecule has 0 saturated carbocycles. The molecular weight excluding hydrogens is 296 g/mol. The van der Waals surface area contributed by atoms with Crippen LogP contribution in [0.25, 0.3) is 0 Å². The topological polar surface area (TPSA) is 88.4 Å². The molecule has 120 valence electrons. The zero-order valence-corrected chi connectivity index (χ0v) is 13.2. The summed E-state index contributed by atoms with van der Waals surface area (Å²) >= 11 is 0. The normalized spacial score (nSPS) is 11.8. The van der Waals surface area contributed by atoms with Gasteiger partial charge in [0.1, 0.15) is 5.56 Å². The molecule has 0 aliphatic heterocycles. The third-order valence-corrected chi connectivity index (χ3v) is 3.70. The Hall–Kier alpha value is -2.89. The number of rotatable bonds is 4. The van der Waals surface area contributed by atoms with Gasteiger partial charge in [-0.05, 0) is 25.5 Å². The van der Waals surface area contributed by atoms with Gasteiger partial charge in [0.25, 0.3) is 11.5 Å². The first-order chi connectivity index (χ1) is 10.8. The van der Waals surface area contributed by atoms with E-state index in [1.165, 1.54) is 17.8 Å². The molecule has 1 aromatic heterocycles. The molecule has 0 bridgehead atoms. The van der Waals surface area contributed by atoms with E-state index in [0.717, 1.165) is 17.2 Å². The molecule has 6 heteroatoms. The van der Waals surface area contributed by atoms with Crippen molar-refractivity contribution in [2.75, 3.05) is 7.05 Å². The summed E-state index contributed by atoms with van der Waals surface area (Å²) in [6.07, 6.45) is 1.27. The Bertz CT molecular complexity index is 824. The number of carbonyl (C=O) groups excluding carboxylic acids is 1. The van der Waals surface area contributed by atoms with E-state index in [-0.39, 0.29) is 11.1 Å². The predicted octanol–water partition coefficient (Wildman–Crippen LogP) is 1.82. The number of aryl methyl sites for hydroxylation is 1. The largest absolute Gasteiger partial charge is 0.478 e. The Labute approximate surface area is 133 Å². The van der Waals surface area contributed by atoms with Crippen molar-refractivity contribution in [3.8, 4) is 0 Å². The maximum Gasteiger partial charge on any atom is 0.337 e. The summed E-state index contributed by atoms with van der Waals surface area (Å²) in [7, 11) is 1.39. The molecule has 0 fully saturated rings. The Morgan fingerprint density at radius 3 is 2.52 bits per heavy atom. The van der Waals surface area contributed by atoms with Gasteiger partial charge < -0.3 is 15.0 Å². The number of carbonyl (C=O) groups is 2. The highest BCUT2D eigenvalue weighted by Crippen LogP contribution is 2.18. The zero-order valence-electron chi connectivity index (χ0n) is 13.2. The summed E-state index contributed by atoms with van der Waals surface area (Å²) in [6.45, 7) is 3.72. The number of nitrogens with zero attached hydrogens (tertiary/aromatic N) is 1. The highest BCUT2D eigenvalue weighted by Gasteiger charge is 2.19. The first kappa shape index (κ1) is 16.5. The van der Waals surface area contributed by atoms with Gasteiger partial charge >= 0.3 is 5.97 Å². The van der Waals surface area contributed by atoms with E-state index in [2.05, 4.69) is 5.32 Å². The molecule has 0 spiro atoms. The number of nitrogens with one attached hydrogen (secondary N) is 1. The SMILES string of the molecule is CNC(=O)c1cc(C(=O)O)cn([C@@H](C)c2cccc(C)c2)c1=O. The van der Waals surface area contributed by atoms with Gasteiger partial charge in [-0.3, -0.25) is 9.59 Å². The maximum atomic E-state index is 12.6. The summed E-state index contributed by atoms with van der Waals surface area (Å²) in [5.74, 6) is -1.80. The van der Waals surface area contributed by atoms with Crippen LogP contribution in [0.1, 0.15) is 44.8 Å². The van der Waals surface area contributed by atoms with Crippen LogP contribution in [0.4, 0.5) is 0 Å². The minimum absolute atomic E-state index is 0.109. The van der Waals surface area contributed by atoms with E-state index in [0.29, 0.717) is 0 Å². The van der Waals surface area contributed by atoms with Crippen LogP contribution in [-0.4, -0.2) is 28.6 Å². The van der Waals surface area contributed by atoms with E-state index in [4.69, 9.17) is 0 Å². The molecule has 0 radical (unpaired) electrons. The lowest BCUT2D eigenvalue weighted by Crippen LogP contribution is -2.33. The minimum atomic E-state index is -1.19. The Morgan fingerprint density at radius 2 is 1.96 bits per heavy atom. The lowest BCUT2D eigenvalue weighted by Gasteiger charge is -2.18. The highest BCUT2D eigenvalue weighted by molar-refractivity contribution is 5.96. The molecular formula is C17H18N2O4. The van der Waals surface area contributed by atoms with Gasteiger partial charge in [-0.15, -0.1) is 0 Å². The number of aromatic carboxylic acids is 1. The molecule has 1 heterocycles. The Kier molecular flexibility index (Phi) is 4.64. The number of carboxylic acids is 1. The molecule has 2 N–H and O–H groups in total. The molecule has 0 unspecified atom stereocenters. The lowest BCUT2D eigenvalue weighted by atomic mass is 10.0. The fourth-order valence-corrected chi connectivity index (χ4v) is 2.39. The molecule has 0 saturated heterocycles. The number of benzene rings is 1. The standard InChI is InChI=1S/C17H18N2O4/c1-10-5-4-6-12(7-10)11(2)19-9-13(17(22)23)8-14(16(19)21)15(20)18-3/h4-9,11H,1-3H3,(H,18,20)(H,22,23)/t11-/m0/s1. The molecule has 6 nitrogen and oxygen atoms in total. The second kappa shape index (κ2) is 6.48. The van der Waals surface area contributed by atoms with Crippen molar-refractivity contribution in [2.45, 2.75) is 19.9 Å². The quantitative estimate of drug-likeness (QED) is 0.901. The van der Waals surface area contributed by atoms with Crippen molar-refractivity contribution >= 4 is 11.9 Å². The summed E-state index contributed by atoms with van der Waals surface area (Å²) in [6, 6.07) is 8.28. The van der Waals surface area contributed by atoms with E-state index >= 15 is 0 Å². The van der Waals surface area contributed by atoms with Crippen molar-refractivity contribution in [3.05, 3.63) is 69.1 Å². The van der Waals surface area contributed by atoms with Gasteiger partial charge in [0.15, 0.2) is 0 Å². The summed E-state index contributed by atoms with van der Waals surface area (Å²) in [5.41, 5.74) is 1.07. The van der Waals surface area contributed by atoms with Crippen molar-refractivity contribution < 1.29 is 14.7 Å². The fourth-order valence-electron chi connectivity index (χ4n) is 2.39. The Morgan fingerprint density at radius 1 is 1.26 bits per heavy atom. The predicted molar refractivity (Wildman–Crippen MR) is 86.0 cm³/mol. The average Bonchev–Trinajstić information content (AvgIpc) is 2.53. The summed E-state index contributed by atoms with van der Waals surface area (Å²) in [4.78, 5) is 35.7.